The molecule has 2 aromatic rings. The monoisotopic (exact) mass is 317 g/mol. The molecule has 6 nitrogen and oxygen atoms in total. The van der Waals surface area contributed by atoms with Gasteiger partial charge in [0.2, 0.25) is 0 Å². The summed E-state index contributed by atoms with van der Waals surface area (Å²) in [5.74, 6) is 1.24. The van der Waals surface area contributed by atoms with Crippen molar-refractivity contribution in [3.8, 4) is 5.75 Å². The number of carbonyl (C=O) groups is 1. The van der Waals surface area contributed by atoms with Gasteiger partial charge in [-0.2, -0.15) is 5.10 Å². The standard InChI is InChI=1S/C17H23N3O3/c1-12(2)20-16(8-9-18-20)19-17(21)13(3)23-11-14-6-5-7-15(10-14)22-4/h5-10,12-13H,11H2,1-4H3,(H,19,21)/t13-/m0/s1. The number of rotatable bonds is 7. The maximum absolute atomic E-state index is 12.2. The van der Waals surface area contributed by atoms with Crippen molar-refractivity contribution < 1.29 is 14.3 Å². The number of amides is 1. The molecule has 1 atom stereocenters. The maximum Gasteiger partial charge on any atom is 0.254 e. The number of hydrogen-bond acceptors (Lipinski definition) is 4. The summed E-state index contributed by atoms with van der Waals surface area (Å²) >= 11 is 0. The van der Waals surface area contributed by atoms with Crippen LogP contribution in [0.1, 0.15) is 32.4 Å². The normalized spacial score (nSPS) is 12.2. The fourth-order valence-corrected chi connectivity index (χ4v) is 2.11. The van der Waals surface area contributed by atoms with Crippen LogP contribution in [0.2, 0.25) is 0 Å². The highest BCUT2D eigenvalue weighted by Gasteiger charge is 2.16. The zero-order chi connectivity index (χ0) is 16.8. The highest BCUT2D eigenvalue weighted by Crippen LogP contribution is 2.16. The predicted molar refractivity (Wildman–Crippen MR) is 88.5 cm³/mol. The van der Waals surface area contributed by atoms with Gasteiger partial charge < -0.3 is 14.8 Å². The SMILES string of the molecule is COc1cccc(CO[C@@H](C)C(=O)Nc2ccnn2C(C)C)c1. The van der Waals surface area contributed by atoms with Gasteiger partial charge in [-0.25, -0.2) is 4.68 Å². The number of carbonyl (C=O) groups excluding carboxylic acids is 1. The van der Waals surface area contributed by atoms with Gasteiger partial charge in [0.05, 0.1) is 19.9 Å². The van der Waals surface area contributed by atoms with Crippen molar-refractivity contribution in [3.05, 3.63) is 42.1 Å². The Morgan fingerprint density at radius 2 is 2.09 bits per heavy atom. The molecular weight excluding hydrogens is 294 g/mol. The molecular formula is C17H23N3O3. The zero-order valence-electron chi connectivity index (χ0n) is 13.9. The second kappa shape index (κ2) is 7.78. The predicted octanol–water partition coefficient (Wildman–Crippen LogP) is 3.02. The Morgan fingerprint density at radius 3 is 2.78 bits per heavy atom. The summed E-state index contributed by atoms with van der Waals surface area (Å²) in [6, 6.07) is 9.52. The lowest BCUT2D eigenvalue weighted by atomic mass is 10.2. The summed E-state index contributed by atoms with van der Waals surface area (Å²) in [4.78, 5) is 12.2. The van der Waals surface area contributed by atoms with Crippen LogP contribution in [0.4, 0.5) is 5.82 Å². The molecule has 0 saturated heterocycles. The lowest BCUT2D eigenvalue weighted by Crippen LogP contribution is -2.29. The van der Waals surface area contributed by atoms with Crippen molar-refractivity contribution in [2.24, 2.45) is 0 Å². The van der Waals surface area contributed by atoms with E-state index in [-0.39, 0.29) is 11.9 Å². The van der Waals surface area contributed by atoms with Gasteiger partial charge in [0.25, 0.3) is 5.91 Å². The topological polar surface area (TPSA) is 65.4 Å². The van der Waals surface area contributed by atoms with E-state index in [0.717, 1.165) is 11.3 Å². The van der Waals surface area contributed by atoms with Crippen molar-refractivity contribution in [1.29, 1.82) is 0 Å². The van der Waals surface area contributed by atoms with Gasteiger partial charge in [0.1, 0.15) is 17.7 Å². The van der Waals surface area contributed by atoms with E-state index in [4.69, 9.17) is 9.47 Å². The second-order valence-corrected chi connectivity index (χ2v) is 5.55. The number of aromatic nitrogens is 2. The van der Waals surface area contributed by atoms with Crippen LogP contribution in [0.25, 0.3) is 0 Å². The molecule has 0 unspecified atom stereocenters. The summed E-state index contributed by atoms with van der Waals surface area (Å²) in [6.07, 6.45) is 1.09. The molecule has 0 fully saturated rings. The fourth-order valence-electron chi connectivity index (χ4n) is 2.11. The lowest BCUT2D eigenvalue weighted by molar-refractivity contribution is -0.127. The van der Waals surface area contributed by atoms with Gasteiger partial charge in [-0.15, -0.1) is 0 Å². The van der Waals surface area contributed by atoms with E-state index in [9.17, 15) is 4.79 Å². The molecule has 0 spiro atoms. The van der Waals surface area contributed by atoms with Crippen molar-refractivity contribution in [2.45, 2.75) is 39.5 Å². The van der Waals surface area contributed by atoms with Gasteiger partial charge in [-0.3, -0.25) is 4.79 Å². The molecule has 0 aliphatic rings. The fraction of sp³-hybridized carbons (Fsp3) is 0.412. The molecule has 6 heteroatoms. The van der Waals surface area contributed by atoms with E-state index < -0.39 is 6.10 Å². The third-order valence-corrected chi connectivity index (χ3v) is 3.41. The maximum atomic E-state index is 12.2. The molecule has 23 heavy (non-hydrogen) atoms. The number of anilines is 1. The molecule has 2 rings (SSSR count). The Labute approximate surface area is 136 Å². The van der Waals surface area contributed by atoms with Crippen molar-refractivity contribution >= 4 is 11.7 Å². The number of ether oxygens (including phenoxy) is 2. The van der Waals surface area contributed by atoms with Crippen LogP contribution in [-0.2, 0) is 16.1 Å². The number of nitrogens with zero attached hydrogens (tertiary/aromatic N) is 2. The molecule has 1 amide bonds. The first-order valence-electron chi connectivity index (χ1n) is 7.60. The van der Waals surface area contributed by atoms with Crippen LogP contribution in [-0.4, -0.2) is 28.9 Å². The Balaban J connectivity index is 1.91. The van der Waals surface area contributed by atoms with E-state index in [2.05, 4.69) is 10.4 Å². The first-order chi connectivity index (χ1) is 11.0. The minimum absolute atomic E-state index is 0.174. The first kappa shape index (κ1) is 17.0. The Hall–Kier alpha value is -2.34. The van der Waals surface area contributed by atoms with E-state index >= 15 is 0 Å². The molecule has 1 N–H and O–H groups in total. The van der Waals surface area contributed by atoms with E-state index in [1.54, 1.807) is 31.0 Å². The molecule has 0 saturated carbocycles. The third-order valence-electron chi connectivity index (χ3n) is 3.41. The average Bonchev–Trinajstić information content (AvgIpc) is 3.01. The largest absolute Gasteiger partial charge is 0.497 e. The summed E-state index contributed by atoms with van der Waals surface area (Å²) in [5, 5.41) is 7.03. The summed E-state index contributed by atoms with van der Waals surface area (Å²) < 4.78 is 12.6. The molecule has 0 aliphatic carbocycles. The zero-order valence-corrected chi connectivity index (χ0v) is 13.9. The first-order valence-corrected chi connectivity index (χ1v) is 7.60. The van der Waals surface area contributed by atoms with Crippen LogP contribution in [0.5, 0.6) is 5.75 Å². The van der Waals surface area contributed by atoms with Crippen molar-refractivity contribution in [1.82, 2.24) is 9.78 Å². The van der Waals surface area contributed by atoms with Gasteiger partial charge >= 0.3 is 0 Å². The minimum Gasteiger partial charge on any atom is -0.497 e. The Morgan fingerprint density at radius 1 is 1.30 bits per heavy atom. The molecule has 1 aromatic carbocycles. The van der Waals surface area contributed by atoms with Crippen molar-refractivity contribution in [3.63, 3.8) is 0 Å². The van der Waals surface area contributed by atoms with Crippen LogP contribution in [0, 0.1) is 0 Å². The molecule has 0 aliphatic heterocycles. The van der Waals surface area contributed by atoms with E-state index in [1.165, 1.54) is 0 Å². The number of hydrogen-bond donors (Lipinski definition) is 1. The molecule has 124 valence electrons. The van der Waals surface area contributed by atoms with Crippen LogP contribution in [0.3, 0.4) is 0 Å². The smallest absolute Gasteiger partial charge is 0.254 e. The third kappa shape index (κ3) is 4.56. The average molecular weight is 317 g/mol. The number of benzene rings is 1. The number of methoxy groups -OCH3 is 1. The molecule has 1 heterocycles. The van der Waals surface area contributed by atoms with Crippen LogP contribution < -0.4 is 10.1 Å². The number of nitrogens with one attached hydrogen (secondary N) is 1. The van der Waals surface area contributed by atoms with Gasteiger partial charge in [0, 0.05) is 12.1 Å². The van der Waals surface area contributed by atoms with E-state index in [1.807, 2.05) is 38.1 Å². The van der Waals surface area contributed by atoms with E-state index in [0.29, 0.717) is 12.4 Å². The Kier molecular flexibility index (Phi) is 5.76. The lowest BCUT2D eigenvalue weighted by Gasteiger charge is -2.16. The van der Waals surface area contributed by atoms with Gasteiger partial charge in [0.15, 0.2) is 0 Å². The molecule has 0 bridgehead atoms. The molecule has 1 aromatic heterocycles. The summed E-state index contributed by atoms with van der Waals surface area (Å²) in [6.45, 7) is 6.08. The van der Waals surface area contributed by atoms with Gasteiger partial charge in [-0.1, -0.05) is 12.1 Å². The molecule has 0 radical (unpaired) electrons. The Bertz CT molecular complexity index is 652. The van der Waals surface area contributed by atoms with Crippen molar-refractivity contribution in [2.75, 3.05) is 12.4 Å². The van der Waals surface area contributed by atoms with Crippen LogP contribution >= 0.6 is 0 Å². The highest BCUT2D eigenvalue weighted by molar-refractivity contribution is 5.93. The quantitative estimate of drug-likeness (QED) is 0.852. The summed E-state index contributed by atoms with van der Waals surface area (Å²) in [5.41, 5.74) is 0.955. The highest BCUT2D eigenvalue weighted by atomic mass is 16.5. The minimum atomic E-state index is -0.572. The van der Waals surface area contributed by atoms with Gasteiger partial charge in [-0.05, 0) is 38.5 Å². The van der Waals surface area contributed by atoms with Crippen LogP contribution in [0.15, 0.2) is 36.5 Å². The second-order valence-electron chi connectivity index (χ2n) is 5.55. The summed E-state index contributed by atoms with van der Waals surface area (Å²) in [7, 11) is 1.62.